The van der Waals surface area contributed by atoms with Crippen molar-refractivity contribution in [3.8, 4) is 5.75 Å². The third kappa shape index (κ3) is 4.53. The molecule has 0 aliphatic carbocycles. The van der Waals surface area contributed by atoms with Crippen LogP contribution >= 0.6 is 0 Å². The van der Waals surface area contributed by atoms with Crippen LogP contribution in [0.5, 0.6) is 5.75 Å². The highest BCUT2D eigenvalue weighted by molar-refractivity contribution is 5.94. The summed E-state index contributed by atoms with van der Waals surface area (Å²) in [5.41, 5.74) is 0.133. The molecule has 1 saturated heterocycles. The maximum absolute atomic E-state index is 12.8. The Hall–Kier alpha value is -2.04. The highest BCUT2D eigenvalue weighted by Gasteiger charge is 2.47. The minimum absolute atomic E-state index is 0.0211. The van der Waals surface area contributed by atoms with E-state index in [1.807, 2.05) is 38.1 Å². The first-order valence-corrected chi connectivity index (χ1v) is 9.18. The molecule has 0 bridgehead atoms. The third-order valence-corrected chi connectivity index (χ3v) is 4.82. The van der Waals surface area contributed by atoms with Crippen molar-refractivity contribution in [1.82, 2.24) is 10.2 Å². The molecule has 5 nitrogen and oxygen atoms in total. The minimum atomic E-state index is -0.798. The second-order valence-corrected chi connectivity index (χ2v) is 7.23. The van der Waals surface area contributed by atoms with Crippen LogP contribution in [0.15, 0.2) is 24.3 Å². The predicted octanol–water partition coefficient (Wildman–Crippen LogP) is 3.13. The summed E-state index contributed by atoms with van der Waals surface area (Å²) in [6.07, 6.45) is 1.89. The van der Waals surface area contributed by atoms with Crippen LogP contribution in [-0.4, -0.2) is 35.4 Å². The Morgan fingerprint density at radius 3 is 2.76 bits per heavy atom. The first-order valence-electron chi connectivity index (χ1n) is 9.18. The molecule has 1 N–H and O–H groups in total. The third-order valence-electron chi connectivity index (χ3n) is 4.82. The lowest BCUT2D eigenvalue weighted by molar-refractivity contribution is -0.141. The molecule has 0 aromatic heterocycles. The molecule has 2 amide bonds. The Morgan fingerprint density at radius 1 is 1.36 bits per heavy atom. The molecular weight excluding hydrogens is 316 g/mol. The van der Waals surface area contributed by atoms with E-state index in [0.29, 0.717) is 38.5 Å². The zero-order valence-corrected chi connectivity index (χ0v) is 15.8. The van der Waals surface area contributed by atoms with Crippen molar-refractivity contribution in [1.29, 1.82) is 0 Å². The van der Waals surface area contributed by atoms with Crippen molar-refractivity contribution in [2.75, 3.05) is 13.2 Å². The summed E-state index contributed by atoms with van der Waals surface area (Å²) in [7, 11) is 0. The molecule has 1 fully saturated rings. The molecule has 0 radical (unpaired) electrons. The fourth-order valence-corrected chi connectivity index (χ4v) is 3.16. The van der Waals surface area contributed by atoms with Gasteiger partial charge in [-0.15, -0.1) is 0 Å². The van der Waals surface area contributed by atoms with E-state index in [0.717, 1.165) is 17.7 Å². The van der Waals surface area contributed by atoms with Crippen molar-refractivity contribution in [3.63, 3.8) is 0 Å². The van der Waals surface area contributed by atoms with Crippen LogP contribution in [0.2, 0.25) is 0 Å². The Labute approximate surface area is 150 Å². The van der Waals surface area contributed by atoms with Gasteiger partial charge < -0.3 is 15.0 Å². The van der Waals surface area contributed by atoms with Crippen LogP contribution in [0.25, 0.3) is 0 Å². The predicted molar refractivity (Wildman–Crippen MR) is 98.3 cm³/mol. The number of nitrogens with zero attached hydrogens (tertiary/aromatic N) is 1. The molecule has 0 unspecified atom stereocenters. The van der Waals surface area contributed by atoms with Gasteiger partial charge in [0.1, 0.15) is 11.3 Å². The van der Waals surface area contributed by atoms with Gasteiger partial charge in [-0.3, -0.25) is 9.59 Å². The number of carbonyl (C=O) groups is 2. The first-order chi connectivity index (χ1) is 11.9. The number of nitrogens with one attached hydrogen (secondary N) is 1. The van der Waals surface area contributed by atoms with E-state index in [1.165, 1.54) is 0 Å². The van der Waals surface area contributed by atoms with Gasteiger partial charge in [0.05, 0.1) is 13.2 Å². The van der Waals surface area contributed by atoms with Crippen molar-refractivity contribution in [2.45, 2.75) is 59.0 Å². The van der Waals surface area contributed by atoms with Crippen molar-refractivity contribution in [2.24, 2.45) is 5.92 Å². The summed E-state index contributed by atoms with van der Waals surface area (Å²) in [6.45, 7) is 9.66. The van der Waals surface area contributed by atoms with Crippen LogP contribution in [0.1, 0.15) is 52.5 Å². The molecule has 138 valence electrons. The number of benzene rings is 1. The summed E-state index contributed by atoms with van der Waals surface area (Å²) >= 11 is 0. The highest BCUT2D eigenvalue weighted by Crippen LogP contribution is 2.33. The number of likely N-dealkylation sites (tertiary alicyclic amines) is 1. The molecule has 1 aromatic carbocycles. The molecule has 1 aliphatic heterocycles. The van der Waals surface area contributed by atoms with E-state index in [4.69, 9.17) is 4.74 Å². The van der Waals surface area contributed by atoms with Crippen LogP contribution in [0.3, 0.4) is 0 Å². The normalized spacial score (nSPS) is 20.2. The van der Waals surface area contributed by atoms with Crippen LogP contribution in [-0.2, 0) is 16.1 Å². The Bertz CT molecular complexity index is 615. The molecule has 1 aliphatic rings. The average molecular weight is 346 g/mol. The zero-order valence-electron chi connectivity index (χ0n) is 15.8. The van der Waals surface area contributed by atoms with Gasteiger partial charge in [-0.1, -0.05) is 32.0 Å². The van der Waals surface area contributed by atoms with Crippen molar-refractivity contribution >= 4 is 11.8 Å². The summed E-state index contributed by atoms with van der Waals surface area (Å²) < 4.78 is 5.66. The molecule has 1 aromatic rings. The highest BCUT2D eigenvalue weighted by atomic mass is 16.5. The van der Waals surface area contributed by atoms with Gasteiger partial charge in [0.15, 0.2) is 0 Å². The van der Waals surface area contributed by atoms with Gasteiger partial charge in [0, 0.05) is 18.5 Å². The topological polar surface area (TPSA) is 58.6 Å². The van der Waals surface area contributed by atoms with Gasteiger partial charge in [0.2, 0.25) is 11.8 Å². The van der Waals surface area contributed by atoms with E-state index >= 15 is 0 Å². The second kappa shape index (κ2) is 8.37. The van der Waals surface area contributed by atoms with Crippen LogP contribution in [0, 0.1) is 5.92 Å². The Balaban J connectivity index is 2.14. The number of hydrogen-bond donors (Lipinski definition) is 1. The standard InChI is InChI=1S/C20H30N2O3/c1-5-25-17-9-7-6-8-16(17)14-22-18(23)10-12-20(22,4)19(24)21-13-11-15(2)3/h6-9,15H,5,10-14H2,1-4H3,(H,21,24)/t20-/m0/s1. The summed E-state index contributed by atoms with van der Waals surface area (Å²) in [5, 5.41) is 3.01. The number of rotatable bonds is 8. The smallest absolute Gasteiger partial charge is 0.245 e. The maximum atomic E-state index is 12.8. The molecule has 25 heavy (non-hydrogen) atoms. The minimum Gasteiger partial charge on any atom is -0.494 e. The number of carbonyl (C=O) groups excluding carboxylic acids is 2. The Morgan fingerprint density at radius 2 is 2.08 bits per heavy atom. The maximum Gasteiger partial charge on any atom is 0.245 e. The molecule has 1 atom stereocenters. The summed E-state index contributed by atoms with van der Waals surface area (Å²) in [5.74, 6) is 1.26. The van der Waals surface area contributed by atoms with E-state index < -0.39 is 5.54 Å². The van der Waals surface area contributed by atoms with Gasteiger partial charge in [0.25, 0.3) is 0 Å². The molecule has 0 spiro atoms. The summed E-state index contributed by atoms with van der Waals surface area (Å²) in [4.78, 5) is 26.9. The average Bonchev–Trinajstić information content (AvgIpc) is 2.86. The van der Waals surface area contributed by atoms with E-state index in [2.05, 4.69) is 19.2 Å². The fourth-order valence-electron chi connectivity index (χ4n) is 3.16. The van der Waals surface area contributed by atoms with Crippen molar-refractivity contribution < 1.29 is 14.3 Å². The number of amides is 2. The van der Waals surface area contributed by atoms with Gasteiger partial charge >= 0.3 is 0 Å². The van der Waals surface area contributed by atoms with E-state index in [1.54, 1.807) is 4.90 Å². The van der Waals surface area contributed by atoms with Gasteiger partial charge in [-0.25, -0.2) is 0 Å². The van der Waals surface area contributed by atoms with E-state index in [-0.39, 0.29) is 11.8 Å². The monoisotopic (exact) mass is 346 g/mol. The SMILES string of the molecule is CCOc1ccccc1CN1C(=O)CC[C@@]1(C)C(=O)NCCC(C)C. The quantitative estimate of drug-likeness (QED) is 0.787. The molecule has 0 saturated carbocycles. The zero-order chi connectivity index (χ0) is 18.4. The lowest BCUT2D eigenvalue weighted by Crippen LogP contribution is -2.54. The second-order valence-electron chi connectivity index (χ2n) is 7.23. The Kier molecular flexibility index (Phi) is 6.45. The molecular formula is C20H30N2O3. The molecule has 1 heterocycles. The fraction of sp³-hybridized carbons (Fsp3) is 0.600. The lowest BCUT2D eigenvalue weighted by atomic mass is 9.96. The molecule has 5 heteroatoms. The lowest BCUT2D eigenvalue weighted by Gasteiger charge is -2.34. The van der Waals surface area contributed by atoms with Crippen LogP contribution in [0.4, 0.5) is 0 Å². The number of para-hydroxylation sites is 1. The van der Waals surface area contributed by atoms with Crippen molar-refractivity contribution in [3.05, 3.63) is 29.8 Å². The van der Waals surface area contributed by atoms with E-state index in [9.17, 15) is 9.59 Å². The largest absolute Gasteiger partial charge is 0.494 e. The van der Waals surface area contributed by atoms with Gasteiger partial charge in [-0.05, 0) is 38.7 Å². The van der Waals surface area contributed by atoms with Crippen LogP contribution < -0.4 is 10.1 Å². The molecule has 2 rings (SSSR count). The summed E-state index contributed by atoms with van der Waals surface area (Å²) in [6, 6.07) is 7.70. The first kappa shape index (κ1) is 19.3. The number of hydrogen-bond acceptors (Lipinski definition) is 3. The number of ether oxygens (including phenoxy) is 1. The van der Waals surface area contributed by atoms with Gasteiger partial charge in [-0.2, -0.15) is 0 Å².